The standard InChI is InChI=1S/C14H27NO/c1-3-14-6-4-5-8-15(14)11-13-7-9-16-12(2)10-13/h12-14H,3-11H2,1-2H3/t12-,13-,14+/m0/s1. The summed E-state index contributed by atoms with van der Waals surface area (Å²) in [6.07, 6.45) is 8.65. The summed E-state index contributed by atoms with van der Waals surface area (Å²) in [5.74, 6) is 0.885. The largest absolute Gasteiger partial charge is 0.378 e. The maximum absolute atomic E-state index is 5.63. The van der Waals surface area contributed by atoms with Crippen molar-refractivity contribution >= 4 is 0 Å². The molecular formula is C14H27NO. The summed E-state index contributed by atoms with van der Waals surface area (Å²) in [5.41, 5.74) is 0. The van der Waals surface area contributed by atoms with Gasteiger partial charge in [-0.2, -0.15) is 0 Å². The van der Waals surface area contributed by atoms with Crippen LogP contribution in [0, 0.1) is 5.92 Å². The minimum Gasteiger partial charge on any atom is -0.378 e. The molecule has 2 heterocycles. The van der Waals surface area contributed by atoms with Crippen molar-refractivity contribution in [3.8, 4) is 0 Å². The summed E-state index contributed by atoms with van der Waals surface area (Å²) >= 11 is 0. The van der Waals surface area contributed by atoms with E-state index in [1.165, 1.54) is 51.6 Å². The lowest BCUT2D eigenvalue weighted by atomic mass is 9.92. The molecular weight excluding hydrogens is 198 g/mol. The maximum atomic E-state index is 5.63. The van der Waals surface area contributed by atoms with Gasteiger partial charge in [0.1, 0.15) is 0 Å². The Kier molecular flexibility index (Phi) is 4.66. The SMILES string of the molecule is CC[C@@H]1CCCCN1C[C@H]1CCO[C@@H](C)C1. The van der Waals surface area contributed by atoms with Gasteiger partial charge in [-0.15, -0.1) is 0 Å². The van der Waals surface area contributed by atoms with Crippen molar-refractivity contribution < 1.29 is 4.74 Å². The zero-order chi connectivity index (χ0) is 11.4. The Morgan fingerprint density at radius 3 is 2.88 bits per heavy atom. The Hall–Kier alpha value is -0.0800. The van der Waals surface area contributed by atoms with Gasteiger partial charge >= 0.3 is 0 Å². The van der Waals surface area contributed by atoms with Crippen molar-refractivity contribution in [2.75, 3.05) is 19.7 Å². The molecule has 0 amide bonds. The molecule has 2 saturated heterocycles. The molecule has 0 unspecified atom stereocenters. The van der Waals surface area contributed by atoms with Gasteiger partial charge in [0.15, 0.2) is 0 Å². The molecule has 2 fully saturated rings. The first-order valence-corrected chi connectivity index (χ1v) is 7.15. The first kappa shape index (κ1) is 12.4. The van der Waals surface area contributed by atoms with Crippen LogP contribution in [0.25, 0.3) is 0 Å². The second kappa shape index (κ2) is 6.02. The highest BCUT2D eigenvalue weighted by Crippen LogP contribution is 2.25. The predicted octanol–water partition coefficient (Wildman–Crippen LogP) is 3.07. The zero-order valence-electron chi connectivity index (χ0n) is 11.0. The Morgan fingerprint density at radius 2 is 2.12 bits per heavy atom. The van der Waals surface area contributed by atoms with E-state index in [9.17, 15) is 0 Å². The van der Waals surface area contributed by atoms with Crippen molar-refractivity contribution in [1.29, 1.82) is 0 Å². The lowest BCUT2D eigenvalue weighted by Gasteiger charge is -2.39. The normalized spacial score (nSPS) is 37.5. The lowest BCUT2D eigenvalue weighted by molar-refractivity contribution is -0.0121. The third-order valence-electron chi connectivity index (χ3n) is 4.31. The van der Waals surface area contributed by atoms with E-state index >= 15 is 0 Å². The number of ether oxygens (including phenoxy) is 1. The molecule has 2 aliphatic rings. The molecule has 0 aromatic heterocycles. The third-order valence-corrected chi connectivity index (χ3v) is 4.31. The van der Waals surface area contributed by atoms with Gasteiger partial charge in [-0.05, 0) is 51.5 Å². The quantitative estimate of drug-likeness (QED) is 0.732. The van der Waals surface area contributed by atoms with E-state index < -0.39 is 0 Å². The van der Waals surface area contributed by atoms with Gasteiger partial charge in [0.2, 0.25) is 0 Å². The van der Waals surface area contributed by atoms with Crippen LogP contribution in [0.4, 0.5) is 0 Å². The van der Waals surface area contributed by atoms with Crippen molar-refractivity contribution in [2.45, 2.75) is 64.5 Å². The van der Waals surface area contributed by atoms with Gasteiger partial charge in [0, 0.05) is 19.2 Å². The average molecular weight is 225 g/mol. The summed E-state index contributed by atoms with van der Waals surface area (Å²) < 4.78 is 5.63. The summed E-state index contributed by atoms with van der Waals surface area (Å²) in [6.45, 7) is 8.21. The van der Waals surface area contributed by atoms with Crippen LogP contribution in [0.15, 0.2) is 0 Å². The minimum atomic E-state index is 0.489. The number of nitrogens with zero attached hydrogens (tertiary/aromatic N) is 1. The molecule has 2 nitrogen and oxygen atoms in total. The smallest absolute Gasteiger partial charge is 0.0550 e. The van der Waals surface area contributed by atoms with Gasteiger partial charge in [-0.3, -0.25) is 0 Å². The third kappa shape index (κ3) is 3.21. The maximum Gasteiger partial charge on any atom is 0.0550 e. The fraction of sp³-hybridized carbons (Fsp3) is 1.00. The topological polar surface area (TPSA) is 12.5 Å². The molecule has 2 aliphatic heterocycles. The van der Waals surface area contributed by atoms with Crippen LogP contribution >= 0.6 is 0 Å². The van der Waals surface area contributed by atoms with Crippen LogP contribution in [0.1, 0.15) is 52.4 Å². The number of likely N-dealkylation sites (tertiary alicyclic amines) is 1. The molecule has 94 valence electrons. The number of hydrogen-bond donors (Lipinski definition) is 0. The predicted molar refractivity (Wildman–Crippen MR) is 67.6 cm³/mol. The van der Waals surface area contributed by atoms with E-state index in [0.717, 1.165) is 18.6 Å². The van der Waals surface area contributed by atoms with Crippen LogP contribution in [0.3, 0.4) is 0 Å². The molecule has 3 atom stereocenters. The monoisotopic (exact) mass is 225 g/mol. The Labute approximate surface area is 100 Å². The molecule has 0 bridgehead atoms. The van der Waals surface area contributed by atoms with Crippen LogP contribution in [-0.4, -0.2) is 36.7 Å². The second-order valence-corrected chi connectivity index (χ2v) is 5.62. The van der Waals surface area contributed by atoms with E-state index in [1.54, 1.807) is 0 Å². The summed E-state index contributed by atoms with van der Waals surface area (Å²) in [5, 5.41) is 0. The van der Waals surface area contributed by atoms with Crippen LogP contribution in [0.5, 0.6) is 0 Å². The first-order chi connectivity index (χ1) is 7.79. The highest BCUT2D eigenvalue weighted by molar-refractivity contribution is 4.80. The van der Waals surface area contributed by atoms with Gasteiger partial charge in [-0.25, -0.2) is 0 Å². The number of rotatable bonds is 3. The van der Waals surface area contributed by atoms with Crippen molar-refractivity contribution in [1.82, 2.24) is 4.90 Å². The van der Waals surface area contributed by atoms with Crippen LogP contribution in [0.2, 0.25) is 0 Å². The van der Waals surface area contributed by atoms with Gasteiger partial charge < -0.3 is 9.64 Å². The molecule has 0 spiro atoms. The highest BCUT2D eigenvalue weighted by atomic mass is 16.5. The van der Waals surface area contributed by atoms with E-state index in [0.29, 0.717) is 6.10 Å². The van der Waals surface area contributed by atoms with E-state index in [1.807, 2.05) is 0 Å². The summed E-state index contributed by atoms with van der Waals surface area (Å²) in [4.78, 5) is 2.76. The van der Waals surface area contributed by atoms with Crippen molar-refractivity contribution in [3.63, 3.8) is 0 Å². The van der Waals surface area contributed by atoms with Gasteiger partial charge in [0.05, 0.1) is 6.10 Å². The molecule has 0 saturated carbocycles. The molecule has 2 heteroatoms. The van der Waals surface area contributed by atoms with E-state index in [4.69, 9.17) is 4.74 Å². The fourth-order valence-electron chi connectivity index (χ4n) is 3.35. The molecule has 0 aromatic carbocycles. The lowest BCUT2D eigenvalue weighted by Crippen LogP contribution is -2.43. The molecule has 16 heavy (non-hydrogen) atoms. The van der Waals surface area contributed by atoms with Gasteiger partial charge in [0.25, 0.3) is 0 Å². The minimum absolute atomic E-state index is 0.489. The van der Waals surface area contributed by atoms with Crippen LogP contribution < -0.4 is 0 Å². The molecule has 0 aliphatic carbocycles. The number of hydrogen-bond acceptors (Lipinski definition) is 2. The fourth-order valence-corrected chi connectivity index (χ4v) is 3.35. The number of piperidine rings is 1. The Bertz CT molecular complexity index is 207. The van der Waals surface area contributed by atoms with E-state index in [-0.39, 0.29) is 0 Å². The molecule has 0 aromatic rings. The molecule has 2 rings (SSSR count). The first-order valence-electron chi connectivity index (χ1n) is 7.15. The molecule has 0 N–H and O–H groups in total. The Balaban J connectivity index is 1.82. The van der Waals surface area contributed by atoms with E-state index in [2.05, 4.69) is 18.7 Å². The second-order valence-electron chi connectivity index (χ2n) is 5.62. The van der Waals surface area contributed by atoms with Gasteiger partial charge in [-0.1, -0.05) is 13.3 Å². The van der Waals surface area contributed by atoms with Crippen LogP contribution in [-0.2, 0) is 4.74 Å². The zero-order valence-corrected chi connectivity index (χ0v) is 11.0. The molecule has 0 radical (unpaired) electrons. The van der Waals surface area contributed by atoms with Crippen molar-refractivity contribution in [2.24, 2.45) is 5.92 Å². The van der Waals surface area contributed by atoms with Crippen molar-refractivity contribution in [3.05, 3.63) is 0 Å². The Morgan fingerprint density at radius 1 is 1.25 bits per heavy atom. The summed E-state index contributed by atoms with van der Waals surface area (Å²) in [7, 11) is 0. The average Bonchev–Trinajstić information content (AvgIpc) is 2.30. The highest BCUT2D eigenvalue weighted by Gasteiger charge is 2.26. The summed E-state index contributed by atoms with van der Waals surface area (Å²) in [6, 6.07) is 0.868.